The molecule has 1 amide bonds. The molecule has 0 atom stereocenters. The predicted molar refractivity (Wildman–Crippen MR) is 117 cm³/mol. The number of ether oxygens (including phenoxy) is 2. The van der Waals surface area contributed by atoms with Gasteiger partial charge in [0.1, 0.15) is 38.5 Å². The molecule has 0 saturated carbocycles. The zero-order valence-corrected chi connectivity index (χ0v) is 18.0. The fraction of sp³-hybridized carbons (Fsp3) is 0.417. The van der Waals surface area contributed by atoms with E-state index in [0.29, 0.717) is 24.4 Å². The second kappa shape index (κ2) is 9.94. The van der Waals surface area contributed by atoms with Gasteiger partial charge < -0.3 is 24.6 Å². The number of piperazine rings is 1. The van der Waals surface area contributed by atoms with Gasteiger partial charge in [-0.3, -0.25) is 4.79 Å². The lowest BCUT2D eigenvalue weighted by Gasteiger charge is -2.29. The summed E-state index contributed by atoms with van der Waals surface area (Å²) in [5.41, 5.74) is 3.58. The number of para-hydroxylation sites is 1. The molecule has 1 saturated heterocycles. The molecule has 2 aromatic rings. The predicted octanol–water partition coefficient (Wildman–Crippen LogP) is -0.280. The number of fused-ring (bicyclic) bond motifs is 1. The Morgan fingerprint density at radius 2 is 1.84 bits per heavy atom. The van der Waals surface area contributed by atoms with Crippen LogP contribution in [0.4, 0.5) is 5.69 Å². The third kappa shape index (κ3) is 5.42. The van der Waals surface area contributed by atoms with Gasteiger partial charge in [-0.15, -0.1) is 0 Å². The number of anilines is 1. The van der Waals surface area contributed by atoms with E-state index in [0.717, 1.165) is 51.5 Å². The fourth-order valence-corrected chi connectivity index (χ4v) is 4.35. The first kappa shape index (κ1) is 21.3. The molecule has 0 aromatic heterocycles. The maximum atomic E-state index is 12.6. The number of hydrogen-bond acceptors (Lipinski definition) is 4. The van der Waals surface area contributed by atoms with Crippen LogP contribution in [0.5, 0.6) is 5.75 Å². The molecule has 2 aliphatic rings. The summed E-state index contributed by atoms with van der Waals surface area (Å²) < 4.78 is 10.7. The summed E-state index contributed by atoms with van der Waals surface area (Å²) in [4.78, 5) is 27.5. The molecule has 7 heteroatoms. The number of esters is 1. The van der Waals surface area contributed by atoms with Gasteiger partial charge in [-0.2, -0.15) is 0 Å². The lowest BCUT2D eigenvalue weighted by atomic mass is 10.1. The zero-order valence-electron chi connectivity index (χ0n) is 18.0. The Hall–Kier alpha value is -2.90. The SMILES string of the molecule is CCOC(=O)c1ccccc1NC(=O)C[NH+]1CC[NH+](Cc2ccc3c(c2)CCO3)CC1. The molecule has 7 nitrogen and oxygen atoms in total. The van der Waals surface area contributed by atoms with Gasteiger partial charge in [-0.25, -0.2) is 4.79 Å². The molecule has 31 heavy (non-hydrogen) atoms. The van der Waals surface area contributed by atoms with Gasteiger partial charge in [0, 0.05) is 12.0 Å². The number of quaternary nitrogens is 2. The van der Waals surface area contributed by atoms with Gasteiger partial charge in [0.15, 0.2) is 6.54 Å². The third-order valence-corrected chi connectivity index (χ3v) is 5.98. The first-order chi connectivity index (χ1) is 15.1. The Morgan fingerprint density at radius 1 is 1.06 bits per heavy atom. The van der Waals surface area contributed by atoms with Crippen molar-refractivity contribution in [3.8, 4) is 5.75 Å². The van der Waals surface area contributed by atoms with Crippen LogP contribution in [0.25, 0.3) is 0 Å². The largest absolute Gasteiger partial charge is 0.493 e. The summed E-state index contributed by atoms with van der Waals surface area (Å²) in [6, 6.07) is 13.5. The number of rotatable bonds is 7. The highest BCUT2D eigenvalue weighted by atomic mass is 16.5. The zero-order chi connectivity index (χ0) is 21.6. The highest BCUT2D eigenvalue weighted by Crippen LogP contribution is 2.25. The van der Waals surface area contributed by atoms with Crippen LogP contribution in [-0.4, -0.2) is 57.8 Å². The Balaban J connectivity index is 1.26. The lowest BCUT2D eigenvalue weighted by molar-refractivity contribution is -1.02. The molecule has 4 rings (SSSR count). The van der Waals surface area contributed by atoms with Crippen molar-refractivity contribution in [1.82, 2.24) is 0 Å². The molecular weight excluding hydrogens is 394 g/mol. The molecule has 2 aliphatic heterocycles. The van der Waals surface area contributed by atoms with Gasteiger partial charge >= 0.3 is 5.97 Å². The van der Waals surface area contributed by atoms with Crippen molar-refractivity contribution < 1.29 is 28.9 Å². The van der Waals surface area contributed by atoms with E-state index in [1.807, 2.05) is 0 Å². The Kier molecular flexibility index (Phi) is 6.84. The number of hydrogen-bond donors (Lipinski definition) is 3. The summed E-state index contributed by atoms with van der Waals surface area (Å²) >= 11 is 0. The number of benzene rings is 2. The quantitative estimate of drug-likeness (QED) is 0.534. The Labute approximate surface area is 182 Å². The number of nitrogens with one attached hydrogen (secondary N) is 3. The van der Waals surface area contributed by atoms with Crippen molar-refractivity contribution in [1.29, 1.82) is 0 Å². The molecule has 164 valence electrons. The van der Waals surface area contributed by atoms with E-state index in [2.05, 4.69) is 23.5 Å². The van der Waals surface area contributed by atoms with Crippen LogP contribution in [0.1, 0.15) is 28.4 Å². The standard InChI is InChI=1S/C24H29N3O4/c1-2-30-24(29)20-5-3-4-6-21(20)25-23(28)17-27-12-10-26(11-13-27)16-18-7-8-22-19(15-18)9-14-31-22/h3-8,15H,2,9-14,16-17H2,1H3,(H,25,28)/p+2. The molecule has 2 heterocycles. The first-order valence-electron chi connectivity index (χ1n) is 11.1. The van der Waals surface area contributed by atoms with E-state index >= 15 is 0 Å². The van der Waals surface area contributed by atoms with Crippen LogP contribution < -0.4 is 19.9 Å². The van der Waals surface area contributed by atoms with Crippen molar-refractivity contribution in [2.45, 2.75) is 19.9 Å². The van der Waals surface area contributed by atoms with Crippen LogP contribution in [-0.2, 0) is 22.5 Å². The van der Waals surface area contributed by atoms with Crippen LogP contribution >= 0.6 is 0 Å². The third-order valence-electron chi connectivity index (χ3n) is 5.98. The van der Waals surface area contributed by atoms with Gasteiger partial charge in [-0.05, 0) is 42.8 Å². The summed E-state index contributed by atoms with van der Waals surface area (Å²) in [5, 5.41) is 2.89. The second-order valence-electron chi connectivity index (χ2n) is 8.21. The summed E-state index contributed by atoms with van der Waals surface area (Å²) in [5.74, 6) is 0.540. The van der Waals surface area contributed by atoms with Crippen molar-refractivity contribution >= 4 is 17.6 Å². The normalized spacial score (nSPS) is 19.9. The first-order valence-corrected chi connectivity index (χ1v) is 11.1. The number of amides is 1. The minimum Gasteiger partial charge on any atom is -0.493 e. The Morgan fingerprint density at radius 3 is 2.65 bits per heavy atom. The topological polar surface area (TPSA) is 73.5 Å². The molecule has 0 aliphatic carbocycles. The summed E-state index contributed by atoms with van der Waals surface area (Å²) in [7, 11) is 0. The van der Waals surface area contributed by atoms with E-state index in [1.54, 1.807) is 36.1 Å². The average Bonchev–Trinajstić information content (AvgIpc) is 3.23. The molecule has 1 fully saturated rings. The molecule has 3 N–H and O–H groups in total. The second-order valence-corrected chi connectivity index (χ2v) is 8.21. The van der Waals surface area contributed by atoms with E-state index in [4.69, 9.17) is 9.47 Å². The van der Waals surface area contributed by atoms with Gasteiger partial charge in [-0.1, -0.05) is 12.1 Å². The maximum Gasteiger partial charge on any atom is 0.340 e. The molecule has 2 aromatic carbocycles. The molecule has 0 unspecified atom stereocenters. The van der Waals surface area contributed by atoms with Crippen LogP contribution in [0.3, 0.4) is 0 Å². The van der Waals surface area contributed by atoms with Gasteiger partial charge in [0.25, 0.3) is 5.91 Å². The monoisotopic (exact) mass is 425 g/mol. The van der Waals surface area contributed by atoms with Crippen LogP contribution in [0.15, 0.2) is 42.5 Å². The molecule has 0 radical (unpaired) electrons. The van der Waals surface area contributed by atoms with E-state index in [1.165, 1.54) is 16.0 Å². The molecule has 0 bridgehead atoms. The highest BCUT2D eigenvalue weighted by molar-refractivity contribution is 6.01. The van der Waals surface area contributed by atoms with E-state index in [-0.39, 0.29) is 5.91 Å². The van der Waals surface area contributed by atoms with E-state index in [9.17, 15) is 9.59 Å². The van der Waals surface area contributed by atoms with Crippen molar-refractivity contribution in [2.75, 3.05) is 51.3 Å². The fourth-order valence-electron chi connectivity index (χ4n) is 4.35. The minimum atomic E-state index is -0.416. The van der Waals surface area contributed by atoms with Crippen molar-refractivity contribution in [2.24, 2.45) is 0 Å². The van der Waals surface area contributed by atoms with Gasteiger partial charge in [0.2, 0.25) is 0 Å². The maximum absolute atomic E-state index is 12.6. The Bertz CT molecular complexity index is 938. The van der Waals surface area contributed by atoms with E-state index < -0.39 is 5.97 Å². The lowest BCUT2D eigenvalue weighted by Crippen LogP contribution is -3.28. The number of carbonyl (C=O) groups excluding carboxylic acids is 2. The summed E-state index contributed by atoms with van der Waals surface area (Å²) in [6.07, 6.45) is 1.00. The molecule has 0 spiro atoms. The summed E-state index contributed by atoms with van der Waals surface area (Å²) in [6.45, 7) is 8.26. The van der Waals surface area contributed by atoms with Crippen LogP contribution in [0.2, 0.25) is 0 Å². The smallest absolute Gasteiger partial charge is 0.340 e. The van der Waals surface area contributed by atoms with Gasteiger partial charge in [0.05, 0.1) is 24.5 Å². The van der Waals surface area contributed by atoms with Crippen molar-refractivity contribution in [3.05, 3.63) is 59.2 Å². The van der Waals surface area contributed by atoms with Crippen molar-refractivity contribution in [3.63, 3.8) is 0 Å². The average molecular weight is 426 g/mol. The minimum absolute atomic E-state index is 0.0752. The molecular formula is C24H31N3O4+2. The number of carbonyl (C=O) groups is 2. The highest BCUT2D eigenvalue weighted by Gasteiger charge is 2.26. The van der Waals surface area contributed by atoms with Crippen LogP contribution in [0, 0.1) is 0 Å².